The van der Waals surface area contributed by atoms with Gasteiger partial charge in [-0.25, -0.2) is 9.55 Å². The van der Waals surface area contributed by atoms with Gasteiger partial charge < -0.3 is 4.42 Å². The molecule has 4 aromatic rings. The van der Waals surface area contributed by atoms with Crippen molar-refractivity contribution in [1.29, 1.82) is 0 Å². The number of hydrogen-bond donors (Lipinski definition) is 0. The molecule has 4 rings (SSSR count). The van der Waals surface area contributed by atoms with Crippen molar-refractivity contribution in [2.75, 3.05) is 0 Å². The highest BCUT2D eigenvalue weighted by molar-refractivity contribution is 6.08. The molecule has 3 heteroatoms. The molecule has 0 atom stereocenters. The minimum atomic E-state index is 0.736. The van der Waals surface area contributed by atoms with Crippen LogP contribution < -0.4 is 4.57 Å². The van der Waals surface area contributed by atoms with E-state index < -0.39 is 0 Å². The number of aromatic nitrogens is 2. The Hall–Kier alpha value is -2.68. The van der Waals surface area contributed by atoms with Crippen molar-refractivity contribution in [2.24, 2.45) is 7.05 Å². The number of benzene rings is 1. The van der Waals surface area contributed by atoms with E-state index in [1.165, 1.54) is 27.9 Å². The molecule has 138 valence electrons. The van der Waals surface area contributed by atoms with Gasteiger partial charge in [0.1, 0.15) is 7.05 Å². The van der Waals surface area contributed by atoms with Crippen molar-refractivity contribution in [3.8, 4) is 11.3 Å². The number of aryl methyl sites for hydroxylation is 5. The van der Waals surface area contributed by atoms with Gasteiger partial charge in [-0.1, -0.05) is 32.9 Å². The molecule has 0 fully saturated rings. The van der Waals surface area contributed by atoms with Crippen LogP contribution in [-0.4, -0.2) is 4.98 Å². The van der Waals surface area contributed by atoms with Gasteiger partial charge in [-0.15, -0.1) is 0 Å². The molecule has 0 N–H and O–H groups in total. The highest BCUT2D eigenvalue weighted by Gasteiger charge is 2.22. The average Bonchev–Trinajstić information content (AvgIpc) is 3.05. The number of furan rings is 1. The Labute approximate surface area is 160 Å². The molecule has 0 unspecified atom stereocenters. The fraction of sp³-hybridized carbons (Fsp3) is 0.333. The van der Waals surface area contributed by atoms with Crippen LogP contribution in [0.4, 0.5) is 0 Å². The Morgan fingerprint density at radius 2 is 1.67 bits per heavy atom. The van der Waals surface area contributed by atoms with Gasteiger partial charge in [0, 0.05) is 28.1 Å². The van der Waals surface area contributed by atoms with Crippen LogP contribution in [0.1, 0.15) is 43.2 Å². The maximum atomic E-state index is 6.32. The molecule has 0 radical (unpaired) electrons. The summed E-state index contributed by atoms with van der Waals surface area (Å²) < 4.78 is 8.56. The molecule has 3 heterocycles. The van der Waals surface area contributed by atoms with Crippen molar-refractivity contribution in [2.45, 2.75) is 47.0 Å². The normalized spacial score (nSPS) is 11.6. The predicted octanol–water partition coefficient (Wildman–Crippen LogP) is 5.47. The molecule has 3 aromatic heterocycles. The zero-order valence-electron chi connectivity index (χ0n) is 16.9. The van der Waals surface area contributed by atoms with Crippen LogP contribution in [0.2, 0.25) is 0 Å². The minimum absolute atomic E-state index is 0.736. The van der Waals surface area contributed by atoms with Crippen molar-refractivity contribution in [1.82, 2.24) is 4.98 Å². The molecule has 0 aliphatic heterocycles. The lowest BCUT2D eigenvalue weighted by atomic mass is 9.97. The van der Waals surface area contributed by atoms with Crippen LogP contribution in [0.3, 0.4) is 0 Å². The molecule has 0 bridgehead atoms. The first kappa shape index (κ1) is 17.7. The first-order chi connectivity index (χ1) is 13.1. The summed E-state index contributed by atoms with van der Waals surface area (Å²) in [5.41, 5.74) is 9.14. The predicted molar refractivity (Wildman–Crippen MR) is 111 cm³/mol. The van der Waals surface area contributed by atoms with Gasteiger partial charge in [-0.3, -0.25) is 0 Å². The lowest BCUT2D eigenvalue weighted by molar-refractivity contribution is -0.660. The van der Waals surface area contributed by atoms with Gasteiger partial charge in [0.25, 0.3) is 0 Å². The Kier molecular flexibility index (Phi) is 4.47. The molecular weight excluding hydrogens is 332 g/mol. The number of hydrogen-bond acceptors (Lipinski definition) is 2. The SMILES string of the molecule is CCc1ccc2c(n1)oc1c(-c3cc(CC)c(CC)c[n+]3C)c(C)ccc12. The second kappa shape index (κ2) is 6.80. The van der Waals surface area contributed by atoms with Gasteiger partial charge in [0.2, 0.25) is 11.4 Å². The van der Waals surface area contributed by atoms with Crippen LogP contribution in [0.5, 0.6) is 0 Å². The Bertz CT molecular complexity index is 1150. The van der Waals surface area contributed by atoms with E-state index in [0.717, 1.165) is 47.0 Å². The van der Waals surface area contributed by atoms with E-state index in [0.29, 0.717) is 0 Å². The number of rotatable bonds is 4. The molecular formula is C24H27N2O+. The Morgan fingerprint density at radius 3 is 2.37 bits per heavy atom. The van der Waals surface area contributed by atoms with Crippen molar-refractivity contribution < 1.29 is 8.98 Å². The number of nitrogens with zero attached hydrogens (tertiary/aromatic N) is 2. The van der Waals surface area contributed by atoms with E-state index in [4.69, 9.17) is 9.40 Å². The highest BCUT2D eigenvalue weighted by Crippen LogP contribution is 2.36. The van der Waals surface area contributed by atoms with E-state index in [9.17, 15) is 0 Å². The molecule has 3 nitrogen and oxygen atoms in total. The third-order valence-corrected chi connectivity index (χ3v) is 5.61. The molecule has 0 saturated carbocycles. The quantitative estimate of drug-likeness (QED) is 0.452. The van der Waals surface area contributed by atoms with Gasteiger partial charge in [-0.2, -0.15) is 0 Å². The first-order valence-corrected chi connectivity index (χ1v) is 9.90. The van der Waals surface area contributed by atoms with Crippen molar-refractivity contribution in [3.63, 3.8) is 0 Å². The van der Waals surface area contributed by atoms with Crippen LogP contribution in [0.15, 0.2) is 40.9 Å². The molecule has 0 aliphatic carbocycles. The summed E-state index contributed by atoms with van der Waals surface area (Å²) in [4.78, 5) is 4.71. The summed E-state index contributed by atoms with van der Waals surface area (Å²) in [5, 5.41) is 2.23. The minimum Gasteiger partial charge on any atom is -0.437 e. The average molecular weight is 359 g/mol. The summed E-state index contributed by atoms with van der Waals surface area (Å²) in [6.07, 6.45) is 5.26. The monoisotopic (exact) mass is 359 g/mol. The number of pyridine rings is 2. The topological polar surface area (TPSA) is 29.9 Å². The van der Waals surface area contributed by atoms with E-state index in [1.54, 1.807) is 0 Å². The second-order valence-electron chi connectivity index (χ2n) is 7.27. The van der Waals surface area contributed by atoms with Crippen LogP contribution in [0, 0.1) is 6.92 Å². The third kappa shape index (κ3) is 2.82. The molecule has 1 aromatic carbocycles. The van der Waals surface area contributed by atoms with Gasteiger partial charge in [0.05, 0.1) is 5.56 Å². The molecule has 0 saturated heterocycles. The fourth-order valence-electron chi connectivity index (χ4n) is 4.01. The fourth-order valence-corrected chi connectivity index (χ4v) is 4.01. The van der Waals surface area contributed by atoms with Crippen molar-refractivity contribution >= 4 is 22.1 Å². The molecule has 0 spiro atoms. The van der Waals surface area contributed by atoms with Gasteiger partial charge in [0.15, 0.2) is 11.8 Å². The second-order valence-corrected chi connectivity index (χ2v) is 7.27. The Balaban J connectivity index is 2.06. The zero-order chi connectivity index (χ0) is 19.1. The lowest BCUT2D eigenvalue weighted by Crippen LogP contribution is -2.32. The van der Waals surface area contributed by atoms with Gasteiger partial charge in [-0.05, 0) is 49.4 Å². The lowest BCUT2D eigenvalue weighted by Gasteiger charge is -2.10. The maximum absolute atomic E-state index is 6.32. The summed E-state index contributed by atoms with van der Waals surface area (Å²) in [7, 11) is 2.13. The maximum Gasteiger partial charge on any atom is 0.227 e. The molecule has 0 amide bonds. The zero-order valence-corrected chi connectivity index (χ0v) is 16.9. The summed E-state index contributed by atoms with van der Waals surface area (Å²) in [5.74, 6) is 0. The summed E-state index contributed by atoms with van der Waals surface area (Å²) in [6.45, 7) is 8.72. The summed E-state index contributed by atoms with van der Waals surface area (Å²) in [6, 6.07) is 10.9. The van der Waals surface area contributed by atoms with Crippen molar-refractivity contribution in [3.05, 3.63) is 58.9 Å². The van der Waals surface area contributed by atoms with E-state index in [-0.39, 0.29) is 0 Å². The van der Waals surface area contributed by atoms with E-state index in [2.05, 4.69) is 75.8 Å². The standard InChI is InChI=1S/C24H27N2O/c1-6-16-13-21(26(5)14-17(16)7-2)22-15(4)9-11-19-20-12-10-18(8-3)25-24(20)27-23(19)22/h9-14H,6-8H2,1-5H3/q+1. The first-order valence-electron chi connectivity index (χ1n) is 9.90. The van der Waals surface area contributed by atoms with Gasteiger partial charge >= 0.3 is 0 Å². The number of fused-ring (bicyclic) bond motifs is 3. The smallest absolute Gasteiger partial charge is 0.227 e. The third-order valence-electron chi connectivity index (χ3n) is 5.61. The highest BCUT2D eigenvalue weighted by atomic mass is 16.3. The molecule has 27 heavy (non-hydrogen) atoms. The van der Waals surface area contributed by atoms with Crippen LogP contribution >= 0.6 is 0 Å². The largest absolute Gasteiger partial charge is 0.437 e. The van der Waals surface area contributed by atoms with E-state index >= 15 is 0 Å². The van der Waals surface area contributed by atoms with E-state index in [1.807, 2.05) is 0 Å². The summed E-state index contributed by atoms with van der Waals surface area (Å²) >= 11 is 0. The van der Waals surface area contributed by atoms with Crippen LogP contribution in [-0.2, 0) is 26.3 Å². The van der Waals surface area contributed by atoms with Crippen LogP contribution in [0.25, 0.3) is 33.3 Å². The Morgan fingerprint density at radius 1 is 0.926 bits per heavy atom. The molecule has 0 aliphatic rings.